The molecule has 0 saturated heterocycles. The maximum atomic E-state index is 13.1. The quantitative estimate of drug-likeness (QED) is 0.789. The van der Waals surface area contributed by atoms with Crippen LogP contribution < -0.4 is 10.1 Å². The van der Waals surface area contributed by atoms with Crippen molar-refractivity contribution in [2.24, 2.45) is 0 Å². The highest BCUT2D eigenvalue weighted by atomic mass is 79.9. The van der Waals surface area contributed by atoms with Gasteiger partial charge in [0.05, 0.1) is 12.1 Å². The van der Waals surface area contributed by atoms with Gasteiger partial charge in [-0.05, 0) is 12.1 Å². The van der Waals surface area contributed by atoms with E-state index < -0.39 is 21.0 Å². The summed E-state index contributed by atoms with van der Waals surface area (Å²) in [7, 11) is -4.94. The molecule has 1 amide bonds. The van der Waals surface area contributed by atoms with Crippen LogP contribution in [0.3, 0.4) is 0 Å². The second-order valence-electron chi connectivity index (χ2n) is 3.32. The monoisotopic (exact) mass is 323 g/mol. The van der Waals surface area contributed by atoms with Gasteiger partial charge in [0, 0.05) is 4.47 Å². The second kappa shape index (κ2) is 4.26. The molecule has 0 fully saturated rings. The topological polar surface area (TPSA) is 72.5 Å². The van der Waals surface area contributed by atoms with Crippen molar-refractivity contribution in [3.63, 3.8) is 0 Å². The van der Waals surface area contributed by atoms with Crippen LogP contribution in [0.1, 0.15) is 10.4 Å². The van der Waals surface area contributed by atoms with Crippen molar-refractivity contribution in [1.82, 2.24) is 5.32 Å². The van der Waals surface area contributed by atoms with Crippen molar-refractivity contribution in [1.29, 1.82) is 0 Å². The Morgan fingerprint density at radius 3 is 2.76 bits per heavy atom. The Morgan fingerprint density at radius 1 is 1.41 bits per heavy atom. The third-order valence-corrected chi connectivity index (χ3v) is 3.45. The van der Waals surface area contributed by atoms with Crippen molar-refractivity contribution in [2.75, 3.05) is 13.2 Å². The first-order valence-corrected chi connectivity index (χ1v) is 6.76. The summed E-state index contributed by atoms with van der Waals surface area (Å²) >= 11 is 3.02. The SMILES string of the molecule is O=C1NCCOc2c1cc(Br)cc2S(=O)(=O)F. The first-order chi connectivity index (χ1) is 7.89. The van der Waals surface area contributed by atoms with Crippen molar-refractivity contribution in [2.45, 2.75) is 4.90 Å². The molecule has 0 radical (unpaired) electrons. The lowest BCUT2D eigenvalue weighted by atomic mass is 10.2. The molecule has 8 heteroatoms. The maximum Gasteiger partial charge on any atom is 0.335 e. The Morgan fingerprint density at radius 2 is 2.12 bits per heavy atom. The van der Waals surface area contributed by atoms with Gasteiger partial charge in [-0.3, -0.25) is 4.79 Å². The van der Waals surface area contributed by atoms with Gasteiger partial charge in [-0.2, -0.15) is 8.42 Å². The minimum atomic E-state index is -4.94. The summed E-state index contributed by atoms with van der Waals surface area (Å²) < 4.78 is 40.4. The van der Waals surface area contributed by atoms with Crippen LogP contribution in [-0.2, 0) is 10.2 Å². The second-order valence-corrected chi connectivity index (χ2v) is 5.55. The summed E-state index contributed by atoms with van der Waals surface area (Å²) in [6.07, 6.45) is 0. The maximum absolute atomic E-state index is 13.1. The summed E-state index contributed by atoms with van der Waals surface area (Å²) in [6.45, 7) is 0.319. The van der Waals surface area contributed by atoms with Crippen molar-refractivity contribution in [3.8, 4) is 5.75 Å². The Hall–Kier alpha value is -1.15. The molecule has 0 unspecified atom stereocenters. The third-order valence-electron chi connectivity index (χ3n) is 2.16. The summed E-state index contributed by atoms with van der Waals surface area (Å²) in [5, 5.41) is 2.50. The highest BCUT2D eigenvalue weighted by molar-refractivity contribution is 9.10. The molecule has 1 aliphatic rings. The molecule has 1 aromatic carbocycles. The molecule has 0 aliphatic carbocycles. The van der Waals surface area contributed by atoms with Crippen LogP contribution >= 0.6 is 15.9 Å². The molecule has 17 heavy (non-hydrogen) atoms. The number of fused-ring (bicyclic) bond motifs is 1. The fourth-order valence-electron chi connectivity index (χ4n) is 1.48. The zero-order chi connectivity index (χ0) is 12.6. The van der Waals surface area contributed by atoms with E-state index in [9.17, 15) is 17.1 Å². The molecule has 1 aromatic rings. The molecule has 1 N–H and O–H groups in total. The van der Waals surface area contributed by atoms with Gasteiger partial charge in [0.15, 0.2) is 5.75 Å². The van der Waals surface area contributed by atoms with Gasteiger partial charge in [0.2, 0.25) is 0 Å². The van der Waals surface area contributed by atoms with E-state index in [0.717, 1.165) is 6.07 Å². The highest BCUT2D eigenvalue weighted by Gasteiger charge is 2.27. The lowest BCUT2D eigenvalue weighted by Crippen LogP contribution is -2.24. The van der Waals surface area contributed by atoms with E-state index in [4.69, 9.17) is 4.74 Å². The van der Waals surface area contributed by atoms with Gasteiger partial charge < -0.3 is 10.1 Å². The molecule has 5 nitrogen and oxygen atoms in total. The summed E-state index contributed by atoms with van der Waals surface area (Å²) in [6, 6.07) is 2.44. The first-order valence-electron chi connectivity index (χ1n) is 4.59. The van der Waals surface area contributed by atoms with Gasteiger partial charge in [0.25, 0.3) is 5.91 Å². The Kier molecular flexibility index (Phi) is 3.09. The Balaban J connectivity index is 2.74. The van der Waals surface area contributed by atoms with Crippen LogP contribution in [0, 0.1) is 0 Å². The molecular formula is C9H7BrFNO4S. The summed E-state index contributed by atoms with van der Waals surface area (Å²) in [5.41, 5.74) is -0.00639. The molecule has 0 bridgehead atoms. The number of carbonyl (C=O) groups is 1. The Labute approximate surface area is 105 Å². The molecule has 92 valence electrons. The lowest BCUT2D eigenvalue weighted by Gasteiger charge is -2.09. The summed E-state index contributed by atoms with van der Waals surface area (Å²) in [4.78, 5) is 11.0. The molecule has 1 heterocycles. The molecule has 0 saturated carbocycles. The minimum absolute atomic E-state index is 0.00639. The molecule has 0 spiro atoms. The predicted octanol–water partition coefficient (Wildman–Crippen LogP) is 1.23. The minimum Gasteiger partial charge on any atom is -0.489 e. The predicted molar refractivity (Wildman–Crippen MR) is 60.3 cm³/mol. The molecule has 2 rings (SSSR count). The van der Waals surface area contributed by atoms with Crippen LogP contribution in [0.5, 0.6) is 5.75 Å². The van der Waals surface area contributed by atoms with Gasteiger partial charge in [0.1, 0.15) is 11.5 Å². The number of benzene rings is 1. The smallest absolute Gasteiger partial charge is 0.335 e. The van der Waals surface area contributed by atoms with Gasteiger partial charge in [-0.1, -0.05) is 15.9 Å². The number of halogens is 2. The number of amides is 1. The average molecular weight is 324 g/mol. The van der Waals surface area contributed by atoms with E-state index in [1.54, 1.807) is 0 Å². The fourth-order valence-corrected chi connectivity index (χ4v) is 2.75. The van der Waals surface area contributed by atoms with E-state index in [1.807, 2.05) is 0 Å². The van der Waals surface area contributed by atoms with E-state index in [0.29, 0.717) is 0 Å². The number of hydrogen-bond acceptors (Lipinski definition) is 4. The third kappa shape index (κ3) is 2.42. The van der Waals surface area contributed by atoms with E-state index in [-0.39, 0.29) is 28.9 Å². The largest absolute Gasteiger partial charge is 0.489 e. The Bertz CT molecular complexity index is 587. The summed E-state index contributed by atoms with van der Waals surface area (Å²) in [5.74, 6) is -0.741. The van der Waals surface area contributed by atoms with Crippen LogP contribution in [0.2, 0.25) is 0 Å². The van der Waals surface area contributed by atoms with Crippen molar-refractivity contribution >= 4 is 32.1 Å². The number of rotatable bonds is 1. The number of nitrogens with one attached hydrogen (secondary N) is 1. The van der Waals surface area contributed by atoms with E-state index >= 15 is 0 Å². The van der Waals surface area contributed by atoms with Gasteiger partial charge >= 0.3 is 10.2 Å². The van der Waals surface area contributed by atoms with Crippen LogP contribution in [0.4, 0.5) is 3.89 Å². The number of carbonyl (C=O) groups excluding carboxylic acids is 1. The van der Waals surface area contributed by atoms with Crippen molar-refractivity contribution < 1.29 is 21.8 Å². The number of hydrogen-bond donors (Lipinski definition) is 1. The molecular weight excluding hydrogens is 317 g/mol. The normalized spacial score (nSPS) is 15.5. The standard InChI is InChI=1S/C9H7BrFNO4S/c10-5-3-6-8(7(4-5)17(11,14)15)16-2-1-12-9(6)13/h3-4H,1-2H2,(H,12,13). The van der Waals surface area contributed by atoms with Gasteiger partial charge in [-0.25, -0.2) is 0 Å². The van der Waals surface area contributed by atoms with Gasteiger partial charge in [-0.15, -0.1) is 3.89 Å². The van der Waals surface area contributed by atoms with Crippen molar-refractivity contribution in [3.05, 3.63) is 22.2 Å². The zero-order valence-electron chi connectivity index (χ0n) is 8.37. The average Bonchev–Trinajstić information content (AvgIpc) is 2.39. The van der Waals surface area contributed by atoms with Crippen LogP contribution in [0.15, 0.2) is 21.5 Å². The van der Waals surface area contributed by atoms with E-state index in [1.165, 1.54) is 6.07 Å². The molecule has 0 atom stereocenters. The number of ether oxygens (including phenoxy) is 1. The fraction of sp³-hybridized carbons (Fsp3) is 0.222. The van der Waals surface area contributed by atoms with E-state index in [2.05, 4.69) is 21.2 Å². The molecule has 0 aromatic heterocycles. The highest BCUT2D eigenvalue weighted by Crippen LogP contribution is 2.33. The van der Waals surface area contributed by atoms with Crippen LogP contribution in [-0.4, -0.2) is 27.5 Å². The van der Waals surface area contributed by atoms with Crippen LogP contribution in [0.25, 0.3) is 0 Å². The first kappa shape index (κ1) is 12.3. The molecule has 1 aliphatic heterocycles. The zero-order valence-corrected chi connectivity index (χ0v) is 10.8. The lowest BCUT2D eigenvalue weighted by molar-refractivity contribution is 0.0957.